The van der Waals surface area contributed by atoms with Crippen LogP contribution in [0.5, 0.6) is 0 Å². The van der Waals surface area contributed by atoms with E-state index >= 15 is 0 Å². The third kappa shape index (κ3) is 3.47. The summed E-state index contributed by atoms with van der Waals surface area (Å²) in [5, 5.41) is 8.95. The minimum Gasteiger partial charge on any atom is -0.390 e. The molecule has 84 valence electrons. The lowest BCUT2D eigenvalue weighted by atomic mass is 10.1. The van der Waals surface area contributed by atoms with Gasteiger partial charge in [-0.2, -0.15) is 0 Å². The summed E-state index contributed by atoms with van der Waals surface area (Å²) in [5.41, 5.74) is 0.614. The van der Waals surface area contributed by atoms with E-state index in [1.807, 2.05) is 7.05 Å². The Morgan fingerprint density at radius 3 is 2.80 bits per heavy atom. The van der Waals surface area contributed by atoms with E-state index < -0.39 is 0 Å². The average molecular weight is 209 g/mol. The Balaban J connectivity index is 2.68. The average Bonchev–Trinajstić information content (AvgIpc) is 2.28. The summed E-state index contributed by atoms with van der Waals surface area (Å²) in [6, 6.07) is 0. The molecule has 15 heavy (non-hydrogen) atoms. The van der Waals surface area contributed by atoms with Crippen molar-refractivity contribution in [3.05, 3.63) is 18.1 Å². The van der Waals surface area contributed by atoms with Gasteiger partial charge in [0.1, 0.15) is 5.82 Å². The molecule has 4 nitrogen and oxygen atoms in total. The molecule has 1 atom stereocenters. The van der Waals surface area contributed by atoms with Gasteiger partial charge in [-0.05, 0) is 5.92 Å². The highest BCUT2D eigenvalue weighted by Crippen LogP contribution is 2.11. The van der Waals surface area contributed by atoms with E-state index in [1.54, 1.807) is 12.4 Å². The van der Waals surface area contributed by atoms with Crippen LogP contribution < -0.4 is 4.90 Å². The van der Waals surface area contributed by atoms with Crippen LogP contribution in [0.15, 0.2) is 12.4 Å². The molecule has 1 rings (SSSR count). The summed E-state index contributed by atoms with van der Waals surface area (Å²) in [4.78, 5) is 10.4. The largest absolute Gasteiger partial charge is 0.390 e. The van der Waals surface area contributed by atoms with E-state index in [-0.39, 0.29) is 6.61 Å². The van der Waals surface area contributed by atoms with Crippen molar-refractivity contribution in [3.8, 4) is 0 Å². The first-order chi connectivity index (χ1) is 7.17. The molecule has 1 heterocycles. The van der Waals surface area contributed by atoms with Crippen molar-refractivity contribution < 1.29 is 5.11 Å². The molecule has 0 radical (unpaired) electrons. The lowest BCUT2D eigenvalue weighted by molar-refractivity contribution is 0.276. The zero-order valence-corrected chi connectivity index (χ0v) is 9.64. The summed E-state index contributed by atoms with van der Waals surface area (Å²) < 4.78 is 0. The van der Waals surface area contributed by atoms with Crippen molar-refractivity contribution in [2.75, 3.05) is 18.5 Å². The Bertz CT molecular complexity index is 304. The lowest BCUT2D eigenvalue weighted by Crippen LogP contribution is -2.24. The van der Waals surface area contributed by atoms with Gasteiger partial charge in [-0.25, -0.2) is 4.98 Å². The SMILES string of the molecule is CCC(C)CN(C)c1cncc(CO)n1. The Morgan fingerprint density at radius 1 is 1.47 bits per heavy atom. The van der Waals surface area contributed by atoms with E-state index in [9.17, 15) is 0 Å². The zero-order chi connectivity index (χ0) is 11.3. The second-order valence-corrected chi connectivity index (χ2v) is 3.92. The van der Waals surface area contributed by atoms with E-state index in [0.29, 0.717) is 11.6 Å². The monoisotopic (exact) mass is 209 g/mol. The van der Waals surface area contributed by atoms with E-state index in [0.717, 1.165) is 18.8 Å². The number of rotatable bonds is 5. The van der Waals surface area contributed by atoms with Gasteiger partial charge in [0.15, 0.2) is 0 Å². The minimum absolute atomic E-state index is 0.0575. The van der Waals surface area contributed by atoms with Crippen LogP contribution in [-0.2, 0) is 6.61 Å². The van der Waals surface area contributed by atoms with Gasteiger partial charge in [0, 0.05) is 13.6 Å². The standard InChI is InChI=1S/C11H19N3O/c1-4-9(2)7-14(3)11-6-12-5-10(8-15)13-11/h5-6,9,15H,4,7-8H2,1-3H3. The summed E-state index contributed by atoms with van der Waals surface area (Å²) in [6.45, 7) is 5.28. The topological polar surface area (TPSA) is 49.2 Å². The highest BCUT2D eigenvalue weighted by Gasteiger charge is 2.07. The predicted octanol–water partition coefficient (Wildman–Crippen LogP) is 1.45. The van der Waals surface area contributed by atoms with Crippen LogP contribution in [0.2, 0.25) is 0 Å². The normalized spacial score (nSPS) is 12.5. The molecule has 0 spiro atoms. The fourth-order valence-corrected chi connectivity index (χ4v) is 1.35. The fraction of sp³-hybridized carbons (Fsp3) is 0.636. The first kappa shape index (κ1) is 11.9. The summed E-state index contributed by atoms with van der Waals surface area (Å²) >= 11 is 0. The molecule has 0 saturated carbocycles. The van der Waals surface area contributed by atoms with Crippen LogP contribution in [0.25, 0.3) is 0 Å². The minimum atomic E-state index is -0.0575. The van der Waals surface area contributed by atoms with Gasteiger partial charge in [0.05, 0.1) is 24.7 Å². The van der Waals surface area contributed by atoms with Gasteiger partial charge < -0.3 is 10.0 Å². The van der Waals surface area contributed by atoms with E-state index in [1.165, 1.54) is 0 Å². The quantitative estimate of drug-likeness (QED) is 0.797. The van der Waals surface area contributed by atoms with Crippen LogP contribution in [0, 0.1) is 5.92 Å². The van der Waals surface area contributed by atoms with Gasteiger partial charge in [0.25, 0.3) is 0 Å². The summed E-state index contributed by atoms with van der Waals surface area (Å²) in [5.74, 6) is 1.46. The molecule has 1 unspecified atom stereocenters. The molecule has 1 N–H and O–H groups in total. The second-order valence-electron chi connectivity index (χ2n) is 3.92. The number of aromatic nitrogens is 2. The van der Waals surface area contributed by atoms with Crippen LogP contribution >= 0.6 is 0 Å². The van der Waals surface area contributed by atoms with Crippen molar-refractivity contribution in [1.82, 2.24) is 9.97 Å². The number of hydrogen-bond acceptors (Lipinski definition) is 4. The molecular weight excluding hydrogens is 190 g/mol. The van der Waals surface area contributed by atoms with E-state index in [4.69, 9.17) is 5.11 Å². The first-order valence-corrected chi connectivity index (χ1v) is 5.30. The molecule has 0 aliphatic heterocycles. The molecule has 4 heteroatoms. The van der Waals surface area contributed by atoms with Gasteiger partial charge in [-0.3, -0.25) is 4.98 Å². The van der Waals surface area contributed by atoms with Crippen molar-refractivity contribution in [2.45, 2.75) is 26.9 Å². The van der Waals surface area contributed by atoms with Gasteiger partial charge in [-0.1, -0.05) is 20.3 Å². The van der Waals surface area contributed by atoms with Gasteiger partial charge in [-0.15, -0.1) is 0 Å². The molecule has 0 amide bonds. The lowest BCUT2D eigenvalue weighted by Gasteiger charge is -2.21. The maximum atomic E-state index is 8.95. The first-order valence-electron chi connectivity index (χ1n) is 5.30. The van der Waals surface area contributed by atoms with Gasteiger partial charge >= 0.3 is 0 Å². The smallest absolute Gasteiger partial charge is 0.147 e. The highest BCUT2D eigenvalue weighted by molar-refractivity contribution is 5.34. The number of aliphatic hydroxyl groups excluding tert-OH is 1. The molecule has 0 saturated heterocycles. The fourth-order valence-electron chi connectivity index (χ4n) is 1.35. The van der Waals surface area contributed by atoms with Crippen LogP contribution in [-0.4, -0.2) is 28.7 Å². The molecule has 0 bridgehead atoms. The number of anilines is 1. The van der Waals surface area contributed by atoms with Crippen molar-refractivity contribution in [1.29, 1.82) is 0 Å². The van der Waals surface area contributed by atoms with E-state index in [2.05, 4.69) is 28.7 Å². The molecule has 0 aromatic carbocycles. The third-order valence-corrected chi connectivity index (χ3v) is 2.51. The summed E-state index contributed by atoms with van der Waals surface area (Å²) in [6.07, 6.45) is 4.46. The van der Waals surface area contributed by atoms with Crippen molar-refractivity contribution in [2.24, 2.45) is 5.92 Å². The third-order valence-electron chi connectivity index (χ3n) is 2.51. The Morgan fingerprint density at radius 2 is 2.20 bits per heavy atom. The Hall–Kier alpha value is -1.16. The molecule has 0 aliphatic carbocycles. The molecular formula is C11H19N3O. The van der Waals surface area contributed by atoms with Gasteiger partial charge in [0.2, 0.25) is 0 Å². The zero-order valence-electron chi connectivity index (χ0n) is 9.64. The summed E-state index contributed by atoms with van der Waals surface area (Å²) in [7, 11) is 2.00. The number of hydrogen-bond donors (Lipinski definition) is 1. The Kier molecular flexibility index (Phi) is 4.49. The predicted molar refractivity (Wildman–Crippen MR) is 60.7 cm³/mol. The van der Waals surface area contributed by atoms with Crippen LogP contribution in [0.1, 0.15) is 26.0 Å². The highest BCUT2D eigenvalue weighted by atomic mass is 16.3. The number of aliphatic hydroxyl groups is 1. The molecule has 0 fully saturated rings. The maximum Gasteiger partial charge on any atom is 0.147 e. The second kappa shape index (κ2) is 5.66. The van der Waals surface area contributed by atoms with Crippen LogP contribution in [0.4, 0.5) is 5.82 Å². The Labute approximate surface area is 91.0 Å². The maximum absolute atomic E-state index is 8.95. The van der Waals surface area contributed by atoms with Crippen molar-refractivity contribution in [3.63, 3.8) is 0 Å². The molecule has 1 aromatic rings. The van der Waals surface area contributed by atoms with Crippen molar-refractivity contribution >= 4 is 5.82 Å². The van der Waals surface area contributed by atoms with Crippen LogP contribution in [0.3, 0.4) is 0 Å². The molecule has 0 aliphatic rings. The molecule has 1 aromatic heterocycles. The number of nitrogens with zero attached hydrogens (tertiary/aromatic N) is 3.